The highest BCUT2D eigenvalue weighted by atomic mass is 28.3. The first-order chi connectivity index (χ1) is 36.2. The zero-order chi connectivity index (χ0) is 47.8. The number of hydrogen-bond acceptors (Lipinski definition) is 0. The Bertz CT molecular complexity index is 4000. The highest BCUT2D eigenvalue weighted by molar-refractivity contribution is 7.20. The predicted octanol–water partition coefficient (Wildman–Crippen LogP) is 14.6. The average Bonchev–Trinajstić information content (AvgIpc) is 4.00. The monoisotopic (exact) mass is 950 g/mol. The molecule has 17 rings (SSSR count). The summed E-state index contributed by atoms with van der Waals surface area (Å²) < 4.78 is 5.24. The van der Waals surface area contributed by atoms with E-state index in [1.807, 2.05) is 0 Å². The lowest BCUT2D eigenvalue weighted by Gasteiger charge is -2.63. The maximum Gasteiger partial charge on any atom is 0.179 e. The van der Waals surface area contributed by atoms with Gasteiger partial charge in [0.15, 0.2) is 8.07 Å². The first-order valence-electron chi connectivity index (χ1n) is 26.8. The molecule has 2 aromatic heterocycles. The van der Waals surface area contributed by atoms with Crippen molar-refractivity contribution in [1.29, 1.82) is 0 Å². The van der Waals surface area contributed by atoms with E-state index in [2.05, 4.69) is 252 Å². The van der Waals surface area contributed by atoms with E-state index >= 15 is 0 Å². The largest absolute Gasteiger partial charge is 0.309 e. The molecule has 2 nitrogen and oxygen atoms in total. The second kappa shape index (κ2) is 15.8. The van der Waals surface area contributed by atoms with Crippen LogP contribution in [0.1, 0.15) is 43.2 Å². The molecule has 1 aliphatic heterocycles. The maximum absolute atomic E-state index is 3.12. The van der Waals surface area contributed by atoms with Crippen LogP contribution >= 0.6 is 0 Å². The Balaban J connectivity index is 1.01. The van der Waals surface area contributed by atoms with Gasteiger partial charge in [0.2, 0.25) is 0 Å². The molecule has 4 saturated carbocycles. The van der Waals surface area contributed by atoms with Gasteiger partial charge in [-0.25, -0.2) is 0 Å². The predicted molar refractivity (Wildman–Crippen MR) is 307 cm³/mol. The van der Waals surface area contributed by atoms with Crippen LogP contribution in [0.2, 0.25) is 0 Å². The lowest BCUT2D eigenvalue weighted by atomic mass is 9.41. The van der Waals surface area contributed by atoms with Crippen LogP contribution in [0.25, 0.3) is 77.2 Å². The Morgan fingerprint density at radius 1 is 0.329 bits per heavy atom. The minimum Gasteiger partial charge on any atom is -0.309 e. The smallest absolute Gasteiger partial charge is 0.179 e. The van der Waals surface area contributed by atoms with E-state index in [1.165, 1.54) is 130 Å². The van der Waals surface area contributed by atoms with Gasteiger partial charge in [0, 0.05) is 32.6 Å². The molecule has 348 valence electrons. The van der Waals surface area contributed by atoms with Crippen molar-refractivity contribution in [3.63, 3.8) is 0 Å². The van der Waals surface area contributed by atoms with Crippen molar-refractivity contribution in [1.82, 2.24) is 9.13 Å². The molecule has 12 aromatic rings. The molecule has 4 fully saturated rings. The van der Waals surface area contributed by atoms with Gasteiger partial charge < -0.3 is 9.13 Å². The standard InChI is InChI=1S/C70H54N2Si/c1-4-17-48(18-5-1)50-21-14-25-56(42-50)73(55-23-8-3-9-24-55,57-26-15-22-51(43-57)49-19-6-2-7-20-49)58-34-35-63-68(45-58)72-67-36-33-54(71-65-31-12-10-27-59(65)60-28-11-13-32-66(60)71)44-62(67)61-29-16-30-64(69(61)72)70(63)52-38-46-37-47(40-52)41-53(70)39-46/h1-36,42-47,52-53H,37-41H2. The van der Waals surface area contributed by atoms with Crippen LogP contribution in [0.4, 0.5) is 0 Å². The van der Waals surface area contributed by atoms with Gasteiger partial charge >= 0.3 is 0 Å². The van der Waals surface area contributed by atoms with Crippen LogP contribution in [-0.2, 0) is 5.41 Å². The Labute approximate surface area is 427 Å². The fourth-order valence-corrected chi connectivity index (χ4v) is 20.9. The molecule has 4 aliphatic carbocycles. The summed E-state index contributed by atoms with van der Waals surface area (Å²) in [5, 5.41) is 10.9. The molecule has 10 aromatic carbocycles. The van der Waals surface area contributed by atoms with E-state index in [4.69, 9.17) is 0 Å². The van der Waals surface area contributed by atoms with Gasteiger partial charge in [-0.3, -0.25) is 0 Å². The molecule has 0 N–H and O–H groups in total. The number of nitrogens with zero attached hydrogens (tertiary/aromatic N) is 2. The maximum atomic E-state index is 2.75. The molecule has 1 spiro atoms. The SMILES string of the molecule is c1ccc(-c2cccc([Si](c3ccccc3)(c3cccc(-c4ccccc4)c3)c3ccc4c(c3)-n3c5ccc(-n6c7ccccc7c7ccccc76)cc5c5cccc(c53)C43C4CC5CC(C4)CC3C5)c2)cc1. The van der Waals surface area contributed by atoms with Crippen LogP contribution in [-0.4, -0.2) is 17.2 Å². The van der Waals surface area contributed by atoms with Crippen molar-refractivity contribution in [2.45, 2.75) is 37.5 Å². The third-order valence-electron chi connectivity index (χ3n) is 18.6. The molecule has 3 heteroatoms. The zero-order valence-electron chi connectivity index (χ0n) is 40.8. The molecule has 5 aliphatic rings. The van der Waals surface area contributed by atoms with Gasteiger partial charge in [0.05, 0.1) is 27.8 Å². The van der Waals surface area contributed by atoms with Crippen LogP contribution in [0.3, 0.4) is 0 Å². The number of aromatic nitrogens is 2. The van der Waals surface area contributed by atoms with Gasteiger partial charge in [-0.1, -0.05) is 206 Å². The summed E-state index contributed by atoms with van der Waals surface area (Å²) in [4.78, 5) is 0. The Kier molecular flexibility index (Phi) is 8.98. The summed E-state index contributed by atoms with van der Waals surface area (Å²) in [7, 11) is -3.12. The van der Waals surface area contributed by atoms with Gasteiger partial charge in [-0.15, -0.1) is 0 Å². The number of benzene rings is 10. The van der Waals surface area contributed by atoms with Crippen LogP contribution in [0, 0.1) is 23.7 Å². The summed E-state index contributed by atoms with van der Waals surface area (Å²) >= 11 is 0. The molecule has 0 unspecified atom stereocenters. The Morgan fingerprint density at radius 3 is 1.44 bits per heavy atom. The Morgan fingerprint density at radius 2 is 0.822 bits per heavy atom. The summed E-state index contributed by atoms with van der Waals surface area (Å²) in [6, 6.07) is 93.5. The second-order valence-electron chi connectivity index (χ2n) is 22.0. The van der Waals surface area contributed by atoms with Gasteiger partial charge in [-0.05, 0) is 146 Å². The van der Waals surface area contributed by atoms with Crippen molar-refractivity contribution in [3.8, 4) is 33.6 Å². The van der Waals surface area contributed by atoms with E-state index in [0.29, 0.717) is 11.8 Å². The minimum atomic E-state index is -3.12. The van der Waals surface area contributed by atoms with E-state index in [0.717, 1.165) is 11.8 Å². The van der Waals surface area contributed by atoms with Crippen LogP contribution in [0.15, 0.2) is 243 Å². The fraction of sp³-hybridized carbons (Fsp3) is 0.143. The van der Waals surface area contributed by atoms with Crippen molar-refractivity contribution in [3.05, 3.63) is 254 Å². The van der Waals surface area contributed by atoms with E-state index in [9.17, 15) is 0 Å². The van der Waals surface area contributed by atoms with Crippen LogP contribution < -0.4 is 20.7 Å². The summed E-state index contributed by atoms with van der Waals surface area (Å²) in [5.41, 5.74) is 15.9. The first-order valence-corrected chi connectivity index (χ1v) is 28.8. The minimum absolute atomic E-state index is 0.0434. The highest BCUT2D eigenvalue weighted by Gasteiger charge is 2.61. The van der Waals surface area contributed by atoms with Crippen molar-refractivity contribution < 1.29 is 0 Å². The molecule has 0 saturated heterocycles. The molecule has 0 amide bonds. The summed E-state index contributed by atoms with van der Waals surface area (Å²) in [6.07, 6.45) is 6.78. The number of para-hydroxylation sites is 3. The first kappa shape index (κ1) is 41.6. The fourth-order valence-electron chi connectivity index (χ4n) is 16.0. The molecule has 3 heterocycles. The summed E-state index contributed by atoms with van der Waals surface area (Å²) in [6.45, 7) is 0. The Hall–Kier alpha value is -7.98. The molecule has 73 heavy (non-hydrogen) atoms. The number of fused-ring (bicyclic) bond motifs is 8. The highest BCUT2D eigenvalue weighted by Crippen LogP contribution is 2.68. The number of hydrogen-bond donors (Lipinski definition) is 0. The lowest BCUT2D eigenvalue weighted by Crippen LogP contribution is -2.75. The third-order valence-corrected chi connectivity index (χ3v) is 23.3. The van der Waals surface area contributed by atoms with Gasteiger partial charge in [-0.2, -0.15) is 0 Å². The molecule has 0 atom stereocenters. The quantitative estimate of drug-likeness (QED) is 0.111. The average molecular weight is 951 g/mol. The van der Waals surface area contributed by atoms with E-state index in [1.54, 1.807) is 11.1 Å². The molecular formula is C70H54N2Si. The van der Waals surface area contributed by atoms with Gasteiger partial charge in [0.25, 0.3) is 0 Å². The van der Waals surface area contributed by atoms with Crippen LogP contribution in [0.5, 0.6) is 0 Å². The zero-order valence-corrected chi connectivity index (χ0v) is 41.8. The van der Waals surface area contributed by atoms with Crippen molar-refractivity contribution in [2.24, 2.45) is 23.7 Å². The number of rotatable bonds is 7. The van der Waals surface area contributed by atoms with E-state index < -0.39 is 8.07 Å². The van der Waals surface area contributed by atoms with Crippen molar-refractivity contribution >= 4 is 72.4 Å². The van der Waals surface area contributed by atoms with Crippen molar-refractivity contribution in [2.75, 3.05) is 0 Å². The van der Waals surface area contributed by atoms with E-state index in [-0.39, 0.29) is 5.41 Å². The topological polar surface area (TPSA) is 9.86 Å². The molecule has 4 bridgehead atoms. The third kappa shape index (κ3) is 5.80. The normalized spacial score (nSPS) is 20.7. The lowest BCUT2D eigenvalue weighted by molar-refractivity contribution is -0.0418. The second-order valence-corrected chi connectivity index (χ2v) is 25.8. The summed E-state index contributed by atoms with van der Waals surface area (Å²) in [5.74, 6) is 2.95. The molecule has 0 radical (unpaired) electrons. The van der Waals surface area contributed by atoms with Gasteiger partial charge in [0.1, 0.15) is 0 Å². The molecular weight excluding hydrogens is 897 g/mol.